The highest BCUT2D eigenvalue weighted by molar-refractivity contribution is 8.10. The van der Waals surface area contributed by atoms with Crippen LogP contribution >= 0.6 is 11.8 Å². The molecule has 1 fully saturated rings. The highest BCUT2D eigenvalue weighted by Crippen LogP contribution is 2.75. The smallest absolute Gasteiger partial charge is 0.194 e. The molecule has 1 heterocycles. The molecule has 7 heteroatoms. The van der Waals surface area contributed by atoms with E-state index in [1.165, 1.54) is 17.8 Å². The molecule has 1 saturated carbocycles. The predicted octanol–water partition coefficient (Wildman–Crippen LogP) is 8.25. The van der Waals surface area contributed by atoms with E-state index < -0.39 is 39.1 Å². The molecule has 4 aliphatic rings. The van der Waals surface area contributed by atoms with Crippen LogP contribution in [0.3, 0.4) is 0 Å². The first kappa shape index (κ1) is 21.8. The summed E-state index contributed by atoms with van der Waals surface area (Å²) in [5.74, 6) is -15.6. The van der Waals surface area contributed by atoms with E-state index in [0.29, 0.717) is 16.0 Å². The maximum atomic E-state index is 15.4. The lowest BCUT2D eigenvalue weighted by Crippen LogP contribution is -2.47. The van der Waals surface area contributed by atoms with Gasteiger partial charge in [-0.15, -0.1) is 11.8 Å². The standard InChI is InChI=1S/C27H18F6S/c1-23-13-12-15-8-6-7-11-17(15)20(23)22-21(25(28,29)27(32,33)26(22,30)31)18-14-19(34-24(18,23)2)16-9-4-3-5-10-16/h3-14H,1-2H3. The number of allylic oxidation sites excluding steroid dienone is 5. The molecule has 0 nitrogen and oxygen atoms in total. The molecule has 1 aliphatic heterocycles. The summed E-state index contributed by atoms with van der Waals surface area (Å²) < 4.78 is 90.1. The Hall–Kier alpha value is -2.67. The summed E-state index contributed by atoms with van der Waals surface area (Å²) in [5.41, 5.74) is -2.51. The van der Waals surface area contributed by atoms with Crippen molar-refractivity contribution in [1.82, 2.24) is 0 Å². The lowest BCUT2D eigenvalue weighted by atomic mass is 9.58. The number of benzene rings is 2. The number of hydrogen-bond acceptors (Lipinski definition) is 1. The van der Waals surface area contributed by atoms with Gasteiger partial charge in [-0.05, 0) is 40.8 Å². The van der Waals surface area contributed by atoms with E-state index in [1.54, 1.807) is 80.6 Å². The maximum absolute atomic E-state index is 15.4. The van der Waals surface area contributed by atoms with Crippen molar-refractivity contribution >= 4 is 28.3 Å². The fraction of sp³-hybridized carbons (Fsp3) is 0.259. The van der Waals surface area contributed by atoms with E-state index in [-0.39, 0.29) is 16.7 Å². The van der Waals surface area contributed by atoms with E-state index in [2.05, 4.69) is 0 Å². The van der Waals surface area contributed by atoms with Crippen LogP contribution in [0.2, 0.25) is 0 Å². The molecule has 0 spiro atoms. The van der Waals surface area contributed by atoms with Crippen molar-refractivity contribution in [3.05, 3.63) is 100 Å². The van der Waals surface area contributed by atoms with Gasteiger partial charge in [-0.3, -0.25) is 0 Å². The summed E-state index contributed by atoms with van der Waals surface area (Å²) >= 11 is 1.25. The zero-order valence-corrected chi connectivity index (χ0v) is 18.9. The van der Waals surface area contributed by atoms with Crippen LogP contribution in [0.5, 0.6) is 0 Å². The minimum atomic E-state index is -5.55. The minimum absolute atomic E-state index is 0.149. The Balaban J connectivity index is 1.78. The van der Waals surface area contributed by atoms with Crippen LogP contribution in [-0.4, -0.2) is 22.5 Å². The second-order valence-corrected chi connectivity index (χ2v) is 10.9. The predicted molar refractivity (Wildman–Crippen MR) is 123 cm³/mol. The summed E-state index contributed by atoms with van der Waals surface area (Å²) in [5, 5.41) is 0. The van der Waals surface area contributed by atoms with E-state index >= 15 is 17.6 Å². The third-order valence-corrected chi connectivity index (χ3v) is 9.31. The Labute approximate surface area is 196 Å². The van der Waals surface area contributed by atoms with Crippen LogP contribution in [0.4, 0.5) is 26.3 Å². The van der Waals surface area contributed by atoms with Crippen LogP contribution in [0.15, 0.2) is 83.5 Å². The molecule has 6 rings (SSSR count). The zero-order valence-electron chi connectivity index (χ0n) is 18.1. The first-order valence-corrected chi connectivity index (χ1v) is 11.6. The summed E-state index contributed by atoms with van der Waals surface area (Å²) in [7, 11) is 0. The quantitative estimate of drug-likeness (QED) is 0.364. The van der Waals surface area contributed by atoms with E-state index in [4.69, 9.17) is 0 Å². The molecular formula is C27H18F6S. The van der Waals surface area contributed by atoms with Crippen LogP contribution < -0.4 is 0 Å². The zero-order chi connectivity index (χ0) is 24.3. The molecule has 2 atom stereocenters. The molecule has 2 unspecified atom stereocenters. The highest BCUT2D eigenvalue weighted by atomic mass is 32.2. The SMILES string of the molecule is CC12C=Cc3ccccc3C1=C1C(=C3C=C(c4ccccc4)SC32C)C(F)(F)C(F)(F)C1(F)F. The van der Waals surface area contributed by atoms with Crippen LogP contribution in [0.25, 0.3) is 16.6 Å². The van der Waals surface area contributed by atoms with Gasteiger partial charge in [0.2, 0.25) is 0 Å². The molecular weight excluding hydrogens is 470 g/mol. The molecule has 0 amide bonds. The summed E-state index contributed by atoms with van der Waals surface area (Å²) in [4.78, 5) is 0.578. The number of hydrogen-bond donors (Lipinski definition) is 0. The topological polar surface area (TPSA) is 0 Å². The van der Waals surface area contributed by atoms with Crippen molar-refractivity contribution < 1.29 is 26.3 Å². The lowest BCUT2D eigenvalue weighted by Gasteiger charge is -2.50. The van der Waals surface area contributed by atoms with Crippen molar-refractivity contribution in [3.8, 4) is 0 Å². The third-order valence-electron chi connectivity index (χ3n) is 7.68. The van der Waals surface area contributed by atoms with Gasteiger partial charge in [0.1, 0.15) is 0 Å². The third kappa shape index (κ3) is 2.25. The number of rotatable bonds is 1. The molecule has 34 heavy (non-hydrogen) atoms. The van der Waals surface area contributed by atoms with Gasteiger partial charge in [0.15, 0.2) is 0 Å². The fourth-order valence-corrected chi connectivity index (χ4v) is 7.23. The number of halogens is 6. The Kier molecular flexibility index (Phi) is 4.05. The Morgan fingerprint density at radius 2 is 1.32 bits per heavy atom. The van der Waals surface area contributed by atoms with Crippen molar-refractivity contribution in [2.75, 3.05) is 0 Å². The highest BCUT2D eigenvalue weighted by Gasteiger charge is 2.84. The molecule has 3 aliphatic carbocycles. The van der Waals surface area contributed by atoms with Crippen molar-refractivity contribution in [3.63, 3.8) is 0 Å². The first-order valence-electron chi connectivity index (χ1n) is 10.8. The van der Waals surface area contributed by atoms with Gasteiger partial charge in [0.25, 0.3) is 0 Å². The molecule has 2 aromatic carbocycles. The van der Waals surface area contributed by atoms with Crippen LogP contribution in [0, 0.1) is 5.41 Å². The lowest BCUT2D eigenvalue weighted by molar-refractivity contribution is -0.257. The fourth-order valence-electron chi connectivity index (χ4n) is 5.71. The number of fused-ring (bicyclic) bond motifs is 6. The van der Waals surface area contributed by atoms with E-state index in [0.717, 1.165) is 0 Å². The van der Waals surface area contributed by atoms with Crippen LogP contribution in [0.1, 0.15) is 30.5 Å². The largest absolute Gasteiger partial charge is 0.380 e. The van der Waals surface area contributed by atoms with Crippen molar-refractivity contribution in [2.24, 2.45) is 5.41 Å². The second kappa shape index (κ2) is 6.30. The Morgan fingerprint density at radius 1 is 0.706 bits per heavy atom. The summed E-state index contributed by atoms with van der Waals surface area (Å²) in [6.07, 6.45) is 4.86. The average Bonchev–Trinajstić information content (AvgIpc) is 3.21. The maximum Gasteiger partial charge on any atom is 0.380 e. The summed E-state index contributed by atoms with van der Waals surface area (Å²) in [6, 6.07) is 15.4. The Bertz CT molecular complexity index is 1380. The molecule has 0 saturated heterocycles. The van der Waals surface area contributed by atoms with Crippen molar-refractivity contribution in [2.45, 2.75) is 36.4 Å². The number of thioether (sulfide) groups is 1. The molecule has 0 N–H and O–H groups in total. The van der Waals surface area contributed by atoms with Gasteiger partial charge in [-0.2, -0.15) is 26.3 Å². The molecule has 2 aromatic rings. The van der Waals surface area contributed by atoms with E-state index in [1.807, 2.05) is 0 Å². The van der Waals surface area contributed by atoms with E-state index in [9.17, 15) is 8.78 Å². The minimum Gasteiger partial charge on any atom is -0.194 e. The molecule has 0 bridgehead atoms. The number of alkyl halides is 6. The van der Waals surface area contributed by atoms with Crippen molar-refractivity contribution in [1.29, 1.82) is 0 Å². The molecule has 0 aromatic heterocycles. The molecule has 174 valence electrons. The Morgan fingerprint density at radius 3 is 2.03 bits per heavy atom. The van der Waals surface area contributed by atoms with Gasteiger partial charge in [0, 0.05) is 21.5 Å². The van der Waals surface area contributed by atoms with Gasteiger partial charge >= 0.3 is 17.8 Å². The van der Waals surface area contributed by atoms with Gasteiger partial charge in [0.05, 0.1) is 4.75 Å². The second-order valence-electron chi connectivity index (χ2n) is 9.39. The first-order chi connectivity index (χ1) is 15.9. The van der Waals surface area contributed by atoms with Gasteiger partial charge in [-0.1, -0.05) is 73.7 Å². The average molecular weight is 488 g/mol. The van der Waals surface area contributed by atoms with Gasteiger partial charge < -0.3 is 0 Å². The monoisotopic (exact) mass is 488 g/mol. The van der Waals surface area contributed by atoms with Gasteiger partial charge in [-0.25, -0.2) is 0 Å². The summed E-state index contributed by atoms with van der Waals surface area (Å²) in [6.45, 7) is 3.37. The van der Waals surface area contributed by atoms with Crippen LogP contribution in [-0.2, 0) is 0 Å². The molecule has 0 radical (unpaired) electrons. The normalized spacial score (nSPS) is 31.6.